The lowest BCUT2D eigenvalue weighted by Crippen LogP contribution is -2.39. The summed E-state index contributed by atoms with van der Waals surface area (Å²) < 4.78 is 0. The van der Waals surface area contributed by atoms with E-state index in [-0.39, 0.29) is 0 Å². The number of aliphatic imine (C=N–C) groups is 1. The van der Waals surface area contributed by atoms with Crippen LogP contribution in [0.3, 0.4) is 0 Å². The summed E-state index contributed by atoms with van der Waals surface area (Å²) in [6.07, 6.45) is 4.09. The Balaban J connectivity index is 2.55. The van der Waals surface area contributed by atoms with Crippen molar-refractivity contribution >= 4 is 5.96 Å². The average molecular weight is 316 g/mol. The van der Waals surface area contributed by atoms with Crippen molar-refractivity contribution < 1.29 is 0 Å². The monoisotopic (exact) mass is 316 g/mol. The van der Waals surface area contributed by atoms with E-state index in [4.69, 9.17) is 0 Å². The Bertz CT molecular complexity index is 496. The second kappa shape index (κ2) is 10.8. The number of guanidine groups is 1. The maximum absolute atomic E-state index is 4.36. The van der Waals surface area contributed by atoms with Crippen molar-refractivity contribution in [3.05, 3.63) is 48.0 Å². The summed E-state index contributed by atoms with van der Waals surface area (Å²) in [5.41, 5.74) is 2.63. The van der Waals surface area contributed by atoms with Crippen LogP contribution >= 0.6 is 0 Å². The highest BCUT2D eigenvalue weighted by Gasteiger charge is 2.05. The zero-order chi connectivity index (χ0) is 17.1. The van der Waals surface area contributed by atoms with Crippen molar-refractivity contribution in [1.29, 1.82) is 0 Å². The number of unbranched alkanes of at least 4 members (excludes halogenated alkanes) is 1. The summed E-state index contributed by atoms with van der Waals surface area (Å²) in [5, 5.41) is 3.44. The van der Waals surface area contributed by atoms with Crippen molar-refractivity contribution in [1.82, 2.24) is 15.1 Å². The van der Waals surface area contributed by atoms with E-state index < -0.39 is 0 Å². The van der Waals surface area contributed by atoms with Crippen molar-refractivity contribution in [2.45, 2.75) is 32.9 Å². The van der Waals surface area contributed by atoms with Crippen LogP contribution in [0.5, 0.6) is 0 Å². The zero-order valence-electron chi connectivity index (χ0n) is 15.2. The molecule has 0 aliphatic heterocycles. The maximum atomic E-state index is 4.36. The highest BCUT2D eigenvalue weighted by Crippen LogP contribution is 2.08. The number of rotatable bonds is 9. The number of nitrogens with zero attached hydrogens (tertiary/aromatic N) is 3. The molecule has 23 heavy (non-hydrogen) atoms. The highest BCUT2D eigenvalue weighted by atomic mass is 15.3. The SMILES string of the molecule is C=CCCCN(C)C(=NC)NCc1cccc(CN(C)CC)c1. The first kappa shape index (κ1) is 19.2. The van der Waals surface area contributed by atoms with E-state index in [1.807, 2.05) is 13.1 Å². The molecule has 1 aromatic carbocycles. The van der Waals surface area contributed by atoms with Gasteiger partial charge in [0.1, 0.15) is 0 Å². The van der Waals surface area contributed by atoms with Gasteiger partial charge in [-0.3, -0.25) is 4.99 Å². The molecule has 0 saturated heterocycles. The molecule has 0 amide bonds. The molecule has 0 aliphatic rings. The standard InChI is InChI=1S/C19H32N4/c1-6-8-9-13-23(5)19(20-3)21-15-17-11-10-12-18(14-17)16-22(4)7-2/h6,10-12,14H,1,7-9,13,15-16H2,2-5H3,(H,20,21). The van der Waals surface area contributed by atoms with Gasteiger partial charge in [0.15, 0.2) is 5.96 Å². The summed E-state index contributed by atoms with van der Waals surface area (Å²) in [7, 11) is 6.05. The molecule has 4 heteroatoms. The highest BCUT2D eigenvalue weighted by molar-refractivity contribution is 5.79. The summed E-state index contributed by atoms with van der Waals surface area (Å²) in [5.74, 6) is 0.935. The van der Waals surface area contributed by atoms with E-state index in [0.717, 1.165) is 45.0 Å². The van der Waals surface area contributed by atoms with Crippen LogP contribution in [0, 0.1) is 0 Å². The first-order valence-corrected chi connectivity index (χ1v) is 8.39. The molecular weight excluding hydrogens is 284 g/mol. The predicted molar refractivity (Wildman–Crippen MR) is 101 cm³/mol. The third kappa shape index (κ3) is 7.33. The van der Waals surface area contributed by atoms with Crippen molar-refractivity contribution in [3.8, 4) is 0 Å². The van der Waals surface area contributed by atoms with Gasteiger partial charge in [0, 0.05) is 33.7 Å². The Kier molecular flexibility index (Phi) is 9.07. The third-order valence-corrected chi connectivity index (χ3v) is 3.91. The largest absolute Gasteiger partial charge is 0.352 e. The van der Waals surface area contributed by atoms with Crippen molar-refractivity contribution in [3.63, 3.8) is 0 Å². The lowest BCUT2D eigenvalue weighted by Gasteiger charge is -2.22. The van der Waals surface area contributed by atoms with Crippen LogP contribution in [-0.2, 0) is 13.1 Å². The number of allylic oxidation sites excluding steroid dienone is 1. The van der Waals surface area contributed by atoms with Crippen molar-refractivity contribution in [2.24, 2.45) is 4.99 Å². The van der Waals surface area contributed by atoms with E-state index in [0.29, 0.717) is 0 Å². The van der Waals surface area contributed by atoms with Crippen LogP contribution in [-0.4, -0.2) is 50.0 Å². The fourth-order valence-corrected chi connectivity index (χ4v) is 2.41. The Morgan fingerprint density at radius 3 is 2.70 bits per heavy atom. The first-order valence-electron chi connectivity index (χ1n) is 8.39. The quantitative estimate of drug-likeness (QED) is 0.329. The molecule has 4 nitrogen and oxygen atoms in total. The van der Waals surface area contributed by atoms with Gasteiger partial charge in [-0.05, 0) is 37.6 Å². The fourth-order valence-electron chi connectivity index (χ4n) is 2.41. The van der Waals surface area contributed by atoms with E-state index in [9.17, 15) is 0 Å². The normalized spacial score (nSPS) is 11.6. The van der Waals surface area contributed by atoms with Gasteiger partial charge >= 0.3 is 0 Å². The van der Waals surface area contributed by atoms with Crippen LogP contribution in [0.1, 0.15) is 30.9 Å². The van der Waals surface area contributed by atoms with Crippen LogP contribution in [0.4, 0.5) is 0 Å². The number of nitrogens with one attached hydrogen (secondary N) is 1. The molecule has 0 spiro atoms. The number of hydrogen-bond donors (Lipinski definition) is 1. The van der Waals surface area contributed by atoms with E-state index >= 15 is 0 Å². The molecule has 0 unspecified atom stereocenters. The van der Waals surface area contributed by atoms with Gasteiger partial charge < -0.3 is 15.1 Å². The van der Waals surface area contributed by atoms with E-state index in [1.165, 1.54) is 11.1 Å². The van der Waals surface area contributed by atoms with Crippen LogP contribution in [0.2, 0.25) is 0 Å². The molecule has 128 valence electrons. The van der Waals surface area contributed by atoms with E-state index in [2.05, 4.69) is 72.0 Å². The van der Waals surface area contributed by atoms with Crippen LogP contribution < -0.4 is 5.32 Å². The lowest BCUT2D eigenvalue weighted by molar-refractivity contribution is 0.345. The van der Waals surface area contributed by atoms with Gasteiger partial charge in [0.05, 0.1) is 0 Å². The van der Waals surface area contributed by atoms with Crippen LogP contribution in [0.15, 0.2) is 41.9 Å². The maximum Gasteiger partial charge on any atom is 0.193 e. The van der Waals surface area contributed by atoms with Gasteiger partial charge in [0.2, 0.25) is 0 Å². The molecule has 0 saturated carbocycles. The van der Waals surface area contributed by atoms with Gasteiger partial charge in [-0.2, -0.15) is 0 Å². The summed E-state index contributed by atoms with van der Waals surface area (Å²) in [4.78, 5) is 8.83. The molecule has 0 radical (unpaired) electrons. The van der Waals surface area contributed by atoms with Gasteiger partial charge in [-0.15, -0.1) is 6.58 Å². The fraction of sp³-hybridized carbons (Fsp3) is 0.526. The summed E-state index contributed by atoms with van der Waals surface area (Å²) in [6.45, 7) is 9.76. The summed E-state index contributed by atoms with van der Waals surface area (Å²) >= 11 is 0. The zero-order valence-corrected chi connectivity index (χ0v) is 15.2. The Morgan fingerprint density at radius 1 is 1.30 bits per heavy atom. The minimum Gasteiger partial charge on any atom is -0.352 e. The summed E-state index contributed by atoms with van der Waals surface area (Å²) in [6, 6.07) is 8.75. The third-order valence-electron chi connectivity index (χ3n) is 3.91. The molecule has 0 fully saturated rings. The number of hydrogen-bond acceptors (Lipinski definition) is 2. The Labute approximate surface area is 141 Å². The second-order valence-electron chi connectivity index (χ2n) is 5.90. The molecule has 0 aliphatic carbocycles. The molecule has 1 rings (SSSR count). The number of benzene rings is 1. The Morgan fingerprint density at radius 2 is 2.04 bits per heavy atom. The van der Waals surface area contributed by atoms with Crippen LogP contribution in [0.25, 0.3) is 0 Å². The Hall–Kier alpha value is -1.81. The molecule has 0 aromatic heterocycles. The van der Waals surface area contributed by atoms with Gasteiger partial charge in [-0.25, -0.2) is 0 Å². The van der Waals surface area contributed by atoms with Crippen molar-refractivity contribution in [2.75, 3.05) is 34.2 Å². The predicted octanol–water partition coefficient (Wildman–Crippen LogP) is 3.11. The second-order valence-corrected chi connectivity index (χ2v) is 5.90. The molecule has 0 bridgehead atoms. The molecule has 0 atom stereocenters. The van der Waals surface area contributed by atoms with Gasteiger partial charge in [-0.1, -0.05) is 37.3 Å². The van der Waals surface area contributed by atoms with Gasteiger partial charge in [0.25, 0.3) is 0 Å². The topological polar surface area (TPSA) is 30.9 Å². The minimum atomic E-state index is 0.794. The lowest BCUT2D eigenvalue weighted by atomic mass is 10.1. The molecule has 1 N–H and O–H groups in total. The minimum absolute atomic E-state index is 0.794. The first-order chi connectivity index (χ1) is 11.1. The average Bonchev–Trinajstić information content (AvgIpc) is 2.56. The molecular formula is C19H32N4. The molecule has 0 heterocycles. The van der Waals surface area contributed by atoms with E-state index in [1.54, 1.807) is 0 Å². The smallest absolute Gasteiger partial charge is 0.193 e. The molecule has 1 aromatic rings.